The van der Waals surface area contributed by atoms with Crippen LogP contribution < -0.4 is 10.6 Å². The van der Waals surface area contributed by atoms with Gasteiger partial charge < -0.3 is 25.0 Å². The standard InChI is InChI=1S/C11H21N3O3S/c1-16-7-4-13-11(18)12-3-2-10(15)14-5-8-17-9-6-14/h2-9H2,1H3,(H2,12,13,18). The van der Waals surface area contributed by atoms with E-state index in [1.54, 1.807) is 7.11 Å². The number of nitrogens with one attached hydrogen (secondary N) is 2. The van der Waals surface area contributed by atoms with Gasteiger partial charge in [-0.1, -0.05) is 0 Å². The molecular formula is C11H21N3O3S. The van der Waals surface area contributed by atoms with Crippen molar-refractivity contribution in [2.75, 3.05) is 53.1 Å². The first-order valence-corrected chi connectivity index (χ1v) is 6.51. The molecule has 0 saturated carbocycles. The zero-order chi connectivity index (χ0) is 13.2. The Bertz CT molecular complexity index is 270. The van der Waals surface area contributed by atoms with E-state index < -0.39 is 0 Å². The van der Waals surface area contributed by atoms with Crippen LogP contribution in [0.4, 0.5) is 0 Å². The van der Waals surface area contributed by atoms with Gasteiger partial charge in [0.1, 0.15) is 0 Å². The molecule has 0 bridgehead atoms. The highest BCUT2D eigenvalue weighted by molar-refractivity contribution is 7.80. The topological polar surface area (TPSA) is 62.8 Å². The number of thiocarbonyl (C=S) groups is 1. The molecule has 1 heterocycles. The summed E-state index contributed by atoms with van der Waals surface area (Å²) in [6, 6.07) is 0. The molecule has 0 aromatic carbocycles. The Kier molecular flexibility index (Phi) is 7.63. The molecule has 1 saturated heterocycles. The Balaban J connectivity index is 2.05. The van der Waals surface area contributed by atoms with Gasteiger partial charge in [0, 0.05) is 39.7 Å². The maximum Gasteiger partial charge on any atom is 0.224 e. The molecular weight excluding hydrogens is 254 g/mol. The van der Waals surface area contributed by atoms with Gasteiger partial charge in [0.2, 0.25) is 5.91 Å². The fraction of sp³-hybridized carbons (Fsp3) is 0.818. The van der Waals surface area contributed by atoms with Crippen LogP contribution in [0.5, 0.6) is 0 Å². The third-order valence-corrected chi connectivity index (χ3v) is 2.87. The molecule has 0 aliphatic carbocycles. The van der Waals surface area contributed by atoms with Crippen LogP contribution in [0.25, 0.3) is 0 Å². The molecule has 18 heavy (non-hydrogen) atoms. The summed E-state index contributed by atoms with van der Waals surface area (Å²) in [5.74, 6) is 0.144. The minimum atomic E-state index is 0.144. The highest BCUT2D eigenvalue weighted by Crippen LogP contribution is 1.99. The molecule has 0 radical (unpaired) electrons. The van der Waals surface area contributed by atoms with E-state index in [-0.39, 0.29) is 5.91 Å². The van der Waals surface area contributed by atoms with Crippen molar-refractivity contribution in [3.05, 3.63) is 0 Å². The molecule has 1 aliphatic rings. The molecule has 0 spiro atoms. The van der Waals surface area contributed by atoms with Crippen LogP contribution in [-0.2, 0) is 14.3 Å². The third kappa shape index (κ3) is 6.13. The third-order valence-electron chi connectivity index (χ3n) is 2.58. The Morgan fingerprint density at radius 3 is 2.67 bits per heavy atom. The summed E-state index contributed by atoms with van der Waals surface area (Å²) in [6.07, 6.45) is 0.450. The smallest absolute Gasteiger partial charge is 0.224 e. The number of hydrogen-bond acceptors (Lipinski definition) is 4. The first-order chi connectivity index (χ1) is 8.74. The first-order valence-electron chi connectivity index (χ1n) is 6.10. The van der Waals surface area contributed by atoms with Gasteiger partial charge in [-0.2, -0.15) is 0 Å². The fourth-order valence-electron chi connectivity index (χ4n) is 1.58. The van der Waals surface area contributed by atoms with E-state index in [0.29, 0.717) is 57.5 Å². The van der Waals surface area contributed by atoms with E-state index in [2.05, 4.69) is 10.6 Å². The maximum absolute atomic E-state index is 11.8. The van der Waals surface area contributed by atoms with Crippen molar-refractivity contribution in [2.24, 2.45) is 0 Å². The lowest BCUT2D eigenvalue weighted by atomic mass is 10.3. The molecule has 1 amide bonds. The molecule has 7 heteroatoms. The Morgan fingerprint density at radius 2 is 2.00 bits per heavy atom. The second kappa shape index (κ2) is 9.07. The highest BCUT2D eigenvalue weighted by atomic mass is 32.1. The van der Waals surface area contributed by atoms with E-state index in [1.807, 2.05) is 4.90 Å². The van der Waals surface area contributed by atoms with Crippen LogP contribution in [0, 0.1) is 0 Å². The van der Waals surface area contributed by atoms with Gasteiger partial charge >= 0.3 is 0 Å². The average Bonchev–Trinajstić information content (AvgIpc) is 2.40. The van der Waals surface area contributed by atoms with Gasteiger partial charge in [-0.25, -0.2) is 0 Å². The Labute approximate surface area is 113 Å². The van der Waals surface area contributed by atoms with Gasteiger partial charge in [-0.15, -0.1) is 0 Å². The van der Waals surface area contributed by atoms with Gasteiger partial charge in [-0.05, 0) is 12.2 Å². The lowest BCUT2D eigenvalue weighted by molar-refractivity contribution is -0.135. The van der Waals surface area contributed by atoms with E-state index >= 15 is 0 Å². The predicted octanol–water partition coefficient (Wildman–Crippen LogP) is -0.654. The summed E-state index contributed by atoms with van der Waals surface area (Å²) >= 11 is 5.05. The van der Waals surface area contributed by atoms with Gasteiger partial charge in [0.25, 0.3) is 0 Å². The van der Waals surface area contributed by atoms with Crippen molar-refractivity contribution in [1.29, 1.82) is 0 Å². The lowest BCUT2D eigenvalue weighted by Crippen LogP contribution is -2.43. The quantitative estimate of drug-likeness (QED) is 0.496. The number of morpholine rings is 1. The van der Waals surface area contributed by atoms with Gasteiger partial charge in [0.05, 0.1) is 19.8 Å². The average molecular weight is 275 g/mol. The summed E-state index contributed by atoms with van der Waals surface area (Å²) < 4.78 is 10.1. The normalized spacial score (nSPS) is 15.3. The molecule has 0 unspecified atom stereocenters. The molecule has 1 rings (SSSR count). The van der Waals surface area contributed by atoms with Crippen LogP contribution in [0.2, 0.25) is 0 Å². The van der Waals surface area contributed by atoms with Gasteiger partial charge in [0.15, 0.2) is 5.11 Å². The zero-order valence-electron chi connectivity index (χ0n) is 10.7. The molecule has 6 nitrogen and oxygen atoms in total. The molecule has 0 atom stereocenters. The molecule has 1 fully saturated rings. The first kappa shape index (κ1) is 15.1. The Morgan fingerprint density at radius 1 is 1.33 bits per heavy atom. The number of carbonyl (C=O) groups is 1. The maximum atomic E-state index is 11.8. The zero-order valence-corrected chi connectivity index (χ0v) is 11.6. The fourth-order valence-corrected chi connectivity index (χ4v) is 1.79. The van der Waals surface area contributed by atoms with Crippen LogP contribution in [0.1, 0.15) is 6.42 Å². The molecule has 1 aliphatic heterocycles. The highest BCUT2D eigenvalue weighted by Gasteiger charge is 2.15. The van der Waals surface area contributed by atoms with E-state index in [9.17, 15) is 4.79 Å². The monoisotopic (exact) mass is 275 g/mol. The summed E-state index contributed by atoms with van der Waals surface area (Å²) in [6.45, 7) is 4.47. The minimum Gasteiger partial charge on any atom is -0.383 e. The number of amides is 1. The molecule has 0 aromatic rings. The van der Waals surface area contributed by atoms with Crippen molar-refractivity contribution in [2.45, 2.75) is 6.42 Å². The number of carbonyl (C=O) groups excluding carboxylic acids is 1. The van der Waals surface area contributed by atoms with Crippen LogP contribution in [0.3, 0.4) is 0 Å². The number of nitrogens with zero attached hydrogens (tertiary/aromatic N) is 1. The summed E-state index contributed by atoms with van der Waals surface area (Å²) in [4.78, 5) is 13.6. The van der Waals surface area contributed by atoms with Crippen LogP contribution >= 0.6 is 12.2 Å². The largest absolute Gasteiger partial charge is 0.383 e. The van der Waals surface area contributed by atoms with Crippen molar-refractivity contribution in [3.8, 4) is 0 Å². The van der Waals surface area contributed by atoms with Gasteiger partial charge in [-0.3, -0.25) is 4.79 Å². The lowest BCUT2D eigenvalue weighted by Gasteiger charge is -2.26. The number of ether oxygens (including phenoxy) is 2. The summed E-state index contributed by atoms with van der Waals surface area (Å²) in [5, 5.41) is 6.54. The summed E-state index contributed by atoms with van der Waals surface area (Å²) in [5.41, 5.74) is 0. The predicted molar refractivity (Wildman–Crippen MR) is 72.5 cm³/mol. The number of methoxy groups -OCH3 is 1. The number of rotatable bonds is 6. The van der Waals surface area contributed by atoms with E-state index in [4.69, 9.17) is 21.7 Å². The van der Waals surface area contributed by atoms with Crippen LogP contribution in [-0.4, -0.2) is 69.0 Å². The van der Waals surface area contributed by atoms with Crippen molar-refractivity contribution < 1.29 is 14.3 Å². The second-order valence-electron chi connectivity index (χ2n) is 3.92. The van der Waals surface area contributed by atoms with E-state index in [0.717, 1.165) is 0 Å². The van der Waals surface area contributed by atoms with Crippen molar-refractivity contribution >= 4 is 23.2 Å². The SMILES string of the molecule is COCCNC(=S)NCCC(=O)N1CCOCC1. The summed E-state index contributed by atoms with van der Waals surface area (Å²) in [7, 11) is 1.64. The van der Waals surface area contributed by atoms with Crippen LogP contribution in [0.15, 0.2) is 0 Å². The number of hydrogen-bond donors (Lipinski definition) is 2. The van der Waals surface area contributed by atoms with E-state index in [1.165, 1.54) is 0 Å². The molecule has 104 valence electrons. The van der Waals surface area contributed by atoms with Crippen molar-refractivity contribution in [1.82, 2.24) is 15.5 Å². The minimum absolute atomic E-state index is 0.144. The van der Waals surface area contributed by atoms with Crippen molar-refractivity contribution in [3.63, 3.8) is 0 Å². The Hall–Kier alpha value is -0.920. The second-order valence-corrected chi connectivity index (χ2v) is 4.33. The molecule has 0 aromatic heterocycles. The molecule has 2 N–H and O–H groups in total.